The summed E-state index contributed by atoms with van der Waals surface area (Å²) >= 11 is 6.57. The maximum atomic E-state index is 12.8. The van der Waals surface area contributed by atoms with Crippen LogP contribution in [0.1, 0.15) is 5.56 Å². The summed E-state index contributed by atoms with van der Waals surface area (Å²) in [6.45, 7) is 0. The van der Waals surface area contributed by atoms with E-state index in [-0.39, 0.29) is 11.6 Å². The average Bonchev–Trinajstić information content (AvgIpc) is 3.02. The maximum absolute atomic E-state index is 12.8. The van der Waals surface area contributed by atoms with Crippen LogP contribution in [0.15, 0.2) is 83.8 Å². The smallest absolute Gasteiger partial charge is 0.268 e. The molecule has 0 N–H and O–H groups in total. The summed E-state index contributed by atoms with van der Waals surface area (Å²) in [6, 6.07) is 23.8. The molecular formula is C22H14N2O3S2. The number of hydrogen-bond acceptors (Lipinski definition) is 5. The fourth-order valence-corrected chi connectivity index (χ4v) is 4.27. The van der Waals surface area contributed by atoms with Crippen molar-refractivity contribution >= 4 is 51.7 Å². The molecule has 1 heterocycles. The van der Waals surface area contributed by atoms with Gasteiger partial charge in [-0.3, -0.25) is 19.8 Å². The Morgan fingerprint density at radius 2 is 1.52 bits per heavy atom. The molecule has 7 heteroatoms. The van der Waals surface area contributed by atoms with Crippen molar-refractivity contribution in [3.8, 4) is 11.1 Å². The number of thioether (sulfide) groups is 1. The highest BCUT2D eigenvalue weighted by atomic mass is 32.2. The zero-order valence-electron chi connectivity index (χ0n) is 15.0. The van der Waals surface area contributed by atoms with E-state index >= 15 is 0 Å². The first-order valence-electron chi connectivity index (χ1n) is 8.71. The van der Waals surface area contributed by atoms with Gasteiger partial charge in [-0.05, 0) is 34.9 Å². The third-order valence-electron chi connectivity index (χ3n) is 4.43. The Balaban J connectivity index is 1.56. The van der Waals surface area contributed by atoms with E-state index in [0.29, 0.717) is 14.9 Å². The van der Waals surface area contributed by atoms with Crippen molar-refractivity contribution in [3.63, 3.8) is 0 Å². The Bertz CT molecular complexity index is 1120. The second-order valence-electron chi connectivity index (χ2n) is 6.28. The number of anilines is 1. The van der Waals surface area contributed by atoms with Crippen LogP contribution in [0.5, 0.6) is 0 Å². The number of carbonyl (C=O) groups is 1. The average molecular weight is 418 g/mol. The summed E-state index contributed by atoms with van der Waals surface area (Å²) in [5.74, 6) is -0.235. The van der Waals surface area contributed by atoms with Gasteiger partial charge in [-0.25, -0.2) is 0 Å². The van der Waals surface area contributed by atoms with Gasteiger partial charge in [0, 0.05) is 12.1 Å². The van der Waals surface area contributed by atoms with Gasteiger partial charge in [0.05, 0.1) is 15.5 Å². The molecule has 142 valence electrons. The maximum Gasteiger partial charge on any atom is 0.270 e. The zero-order chi connectivity index (χ0) is 20.4. The molecule has 29 heavy (non-hydrogen) atoms. The van der Waals surface area contributed by atoms with Gasteiger partial charge < -0.3 is 0 Å². The zero-order valence-corrected chi connectivity index (χ0v) is 16.7. The fourth-order valence-electron chi connectivity index (χ4n) is 2.97. The van der Waals surface area contributed by atoms with E-state index in [2.05, 4.69) is 0 Å². The molecule has 0 saturated carbocycles. The number of nitrogens with zero attached hydrogens (tertiary/aromatic N) is 2. The first kappa shape index (κ1) is 19.0. The lowest BCUT2D eigenvalue weighted by Crippen LogP contribution is -2.27. The molecule has 0 radical (unpaired) electrons. The topological polar surface area (TPSA) is 63.5 Å². The third kappa shape index (κ3) is 3.96. The molecule has 1 saturated heterocycles. The Kier molecular flexibility index (Phi) is 5.24. The predicted octanol–water partition coefficient (Wildman–Crippen LogP) is 5.67. The van der Waals surface area contributed by atoms with Gasteiger partial charge >= 0.3 is 0 Å². The molecule has 1 aliphatic heterocycles. The van der Waals surface area contributed by atoms with E-state index in [0.717, 1.165) is 16.7 Å². The predicted molar refractivity (Wildman–Crippen MR) is 121 cm³/mol. The van der Waals surface area contributed by atoms with Crippen LogP contribution in [-0.2, 0) is 4.79 Å². The van der Waals surface area contributed by atoms with Crippen LogP contribution in [0.4, 0.5) is 11.4 Å². The van der Waals surface area contributed by atoms with E-state index in [1.54, 1.807) is 6.08 Å². The van der Waals surface area contributed by atoms with Crippen LogP contribution in [-0.4, -0.2) is 15.2 Å². The summed E-state index contributed by atoms with van der Waals surface area (Å²) in [5, 5.41) is 10.8. The third-order valence-corrected chi connectivity index (χ3v) is 5.73. The highest BCUT2D eigenvalue weighted by molar-refractivity contribution is 8.27. The van der Waals surface area contributed by atoms with Crippen molar-refractivity contribution in [3.05, 3.63) is 99.4 Å². The lowest BCUT2D eigenvalue weighted by atomic mass is 10.0. The standard InChI is InChI=1S/C22H14N2O3S2/c25-21-20(14-15-6-8-17(9-7-15)16-4-2-1-3-5-16)29-22(28)23(21)18-10-12-19(13-11-18)24(26)27/h1-14H/b20-14+. The first-order chi connectivity index (χ1) is 14.0. The van der Waals surface area contributed by atoms with E-state index < -0.39 is 4.92 Å². The Labute approximate surface area is 176 Å². The second kappa shape index (κ2) is 7.98. The van der Waals surface area contributed by atoms with E-state index in [1.165, 1.54) is 40.9 Å². The molecule has 4 rings (SSSR count). The van der Waals surface area contributed by atoms with Crippen molar-refractivity contribution in [2.45, 2.75) is 0 Å². The number of thiocarbonyl (C=S) groups is 1. The van der Waals surface area contributed by atoms with Gasteiger partial charge in [-0.1, -0.05) is 78.6 Å². The summed E-state index contributed by atoms with van der Waals surface area (Å²) in [6.07, 6.45) is 1.81. The largest absolute Gasteiger partial charge is 0.270 e. The Morgan fingerprint density at radius 3 is 2.14 bits per heavy atom. The van der Waals surface area contributed by atoms with Crippen LogP contribution >= 0.6 is 24.0 Å². The lowest BCUT2D eigenvalue weighted by molar-refractivity contribution is -0.384. The molecule has 0 unspecified atom stereocenters. The van der Waals surface area contributed by atoms with Crippen LogP contribution in [0.2, 0.25) is 0 Å². The minimum absolute atomic E-state index is 0.0340. The van der Waals surface area contributed by atoms with Gasteiger partial charge in [0.1, 0.15) is 0 Å². The number of benzene rings is 3. The summed E-state index contributed by atoms with van der Waals surface area (Å²) in [7, 11) is 0. The van der Waals surface area contributed by atoms with Crippen molar-refractivity contribution < 1.29 is 9.72 Å². The molecule has 0 atom stereocenters. The normalized spacial score (nSPS) is 15.2. The molecule has 5 nitrogen and oxygen atoms in total. The van der Waals surface area contributed by atoms with Crippen LogP contribution in [0.25, 0.3) is 17.2 Å². The van der Waals surface area contributed by atoms with Crippen LogP contribution in [0.3, 0.4) is 0 Å². The number of amides is 1. The Morgan fingerprint density at radius 1 is 0.897 bits per heavy atom. The minimum Gasteiger partial charge on any atom is -0.268 e. The van der Waals surface area contributed by atoms with Gasteiger partial charge in [0.25, 0.3) is 11.6 Å². The van der Waals surface area contributed by atoms with Gasteiger partial charge in [-0.2, -0.15) is 0 Å². The molecule has 0 bridgehead atoms. The summed E-state index contributed by atoms with van der Waals surface area (Å²) in [5.41, 5.74) is 3.60. The van der Waals surface area contributed by atoms with E-state index in [9.17, 15) is 14.9 Å². The van der Waals surface area contributed by atoms with Crippen LogP contribution in [0, 0.1) is 10.1 Å². The highest BCUT2D eigenvalue weighted by Gasteiger charge is 2.33. The molecule has 0 aliphatic carbocycles. The minimum atomic E-state index is -0.479. The van der Waals surface area contributed by atoms with Crippen molar-refractivity contribution in [2.24, 2.45) is 0 Å². The summed E-state index contributed by atoms with van der Waals surface area (Å²) < 4.78 is 0.399. The van der Waals surface area contributed by atoms with Crippen molar-refractivity contribution in [1.82, 2.24) is 0 Å². The number of hydrogen-bond donors (Lipinski definition) is 0. The lowest BCUT2D eigenvalue weighted by Gasteiger charge is -2.13. The molecule has 1 aliphatic rings. The van der Waals surface area contributed by atoms with E-state index in [1.807, 2.05) is 54.6 Å². The van der Waals surface area contributed by atoms with Crippen molar-refractivity contribution in [2.75, 3.05) is 4.90 Å². The molecule has 3 aromatic rings. The first-order valence-corrected chi connectivity index (χ1v) is 9.93. The van der Waals surface area contributed by atoms with Gasteiger partial charge in [0.15, 0.2) is 4.32 Å². The van der Waals surface area contributed by atoms with E-state index in [4.69, 9.17) is 12.2 Å². The van der Waals surface area contributed by atoms with Gasteiger partial charge in [-0.15, -0.1) is 0 Å². The number of rotatable bonds is 4. The number of non-ortho nitro benzene ring substituents is 1. The molecule has 0 spiro atoms. The molecular weight excluding hydrogens is 404 g/mol. The number of carbonyl (C=O) groups excluding carboxylic acids is 1. The SMILES string of the molecule is O=C1/C(=C\c2ccc(-c3ccccc3)cc2)SC(=S)N1c1ccc([N+](=O)[O-])cc1. The fraction of sp³-hybridized carbons (Fsp3) is 0. The highest BCUT2D eigenvalue weighted by Crippen LogP contribution is 2.36. The Hall–Kier alpha value is -3.29. The quantitative estimate of drug-likeness (QED) is 0.236. The molecule has 3 aromatic carbocycles. The molecule has 1 fully saturated rings. The second-order valence-corrected chi connectivity index (χ2v) is 7.95. The molecule has 1 amide bonds. The van der Waals surface area contributed by atoms with Crippen LogP contribution < -0.4 is 4.90 Å². The number of nitro groups is 1. The van der Waals surface area contributed by atoms with Crippen molar-refractivity contribution in [1.29, 1.82) is 0 Å². The number of nitro benzene ring substituents is 1. The van der Waals surface area contributed by atoms with Gasteiger partial charge in [0.2, 0.25) is 0 Å². The summed E-state index contributed by atoms with van der Waals surface area (Å²) in [4.78, 5) is 25.1. The molecule has 0 aromatic heterocycles. The monoisotopic (exact) mass is 418 g/mol.